The standard InChI is InChI=1S/C10H18N4O3S/c1-10(17-2)4-3-5-14(7-10)18(15,16)8-6-12-13-9(8)11/h6H,3-5,7H2,1-2H3,(H3,11,12,13). The van der Waals surface area contributed by atoms with E-state index >= 15 is 0 Å². The Bertz CT molecular complexity index is 527. The van der Waals surface area contributed by atoms with Crippen LogP contribution in [0.2, 0.25) is 0 Å². The van der Waals surface area contributed by atoms with Gasteiger partial charge in [-0.3, -0.25) is 5.10 Å². The zero-order valence-corrected chi connectivity index (χ0v) is 11.3. The van der Waals surface area contributed by atoms with Gasteiger partial charge in [-0.1, -0.05) is 0 Å². The SMILES string of the molecule is COC1(C)CCCN(S(=O)(=O)c2cn[nH]c2N)C1. The molecular weight excluding hydrogens is 256 g/mol. The number of aromatic nitrogens is 2. The molecule has 1 aromatic rings. The number of sulfonamides is 1. The number of rotatable bonds is 3. The lowest BCUT2D eigenvalue weighted by atomic mass is 9.96. The molecule has 0 spiro atoms. The van der Waals surface area contributed by atoms with Crippen molar-refractivity contribution in [1.29, 1.82) is 0 Å². The number of nitrogen functional groups attached to an aromatic ring is 1. The first kappa shape index (κ1) is 13.3. The maximum absolute atomic E-state index is 12.4. The van der Waals surface area contributed by atoms with Crippen molar-refractivity contribution in [2.45, 2.75) is 30.3 Å². The van der Waals surface area contributed by atoms with Crippen molar-refractivity contribution in [3.8, 4) is 0 Å². The van der Waals surface area contributed by atoms with Gasteiger partial charge in [-0.25, -0.2) is 8.42 Å². The lowest BCUT2D eigenvalue weighted by molar-refractivity contribution is -0.0319. The molecule has 1 saturated heterocycles. The van der Waals surface area contributed by atoms with Crippen LogP contribution < -0.4 is 5.73 Å². The Hall–Kier alpha value is -1.12. The predicted octanol–water partition coefficient (Wildman–Crippen LogP) is 0.182. The van der Waals surface area contributed by atoms with Crippen molar-refractivity contribution >= 4 is 15.8 Å². The smallest absolute Gasteiger partial charge is 0.248 e. The second-order valence-corrected chi connectivity index (χ2v) is 6.65. The maximum atomic E-state index is 12.4. The number of nitrogens with zero attached hydrogens (tertiary/aromatic N) is 2. The van der Waals surface area contributed by atoms with E-state index in [4.69, 9.17) is 10.5 Å². The van der Waals surface area contributed by atoms with E-state index in [1.165, 1.54) is 10.5 Å². The number of methoxy groups -OCH3 is 1. The Morgan fingerprint density at radius 2 is 2.33 bits per heavy atom. The zero-order valence-electron chi connectivity index (χ0n) is 10.5. The van der Waals surface area contributed by atoms with Crippen LogP contribution in [0.3, 0.4) is 0 Å². The quantitative estimate of drug-likeness (QED) is 0.819. The van der Waals surface area contributed by atoms with E-state index in [1.54, 1.807) is 7.11 Å². The summed E-state index contributed by atoms with van der Waals surface area (Å²) in [6, 6.07) is 0. The van der Waals surface area contributed by atoms with Gasteiger partial charge in [-0.2, -0.15) is 9.40 Å². The van der Waals surface area contributed by atoms with Crippen LogP contribution in [0.15, 0.2) is 11.1 Å². The first-order chi connectivity index (χ1) is 8.39. The molecule has 18 heavy (non-hydrogen) atoms. The highest BCUT2D eigenvalue weighted by Crippen LogP contribution is 2.29. The summed E-state index contributed by atoms with van der Waals surface area (Å²) in [5.74, 6) is 0.0692. The highest BCUT2D eigenvalue weighted by molar-refractivity contribution is 7.89. The Morgan fingerprint density at radius 1 is 1.61 bits per heavy atom. The summed E-state index contributed by atoms with van der Waals surface area (Å²) < 4.78 is 31.6. The molecule has 1 unspecified atom stereocenters. The molecule has 2 heterocycles. The minimum atomic E-state index is -3.60. The van der Waals surface area contributed by atoms with Crippen molar-refractivity contribution in [2.24, 2.45) is 0 Å². The van der Waals surface area contributed by atoms with Gasteiger partial charge in [0.25, 0.3) is 0 Å². The monoisotopic (exact) mass is 274 g/mol. The van der Waals surface area contributed by atoms with Crippen LogP contribution in [-0.4, -0.2) is 48.7 Å². The molecule has 1 aliphatic rings. The highest BCUT2D eigenvalue weighted by atomic mass is 32.2. The number of aromatic amines is 1. The first-order valence-corrected chi connectivity index (χ1v) is 7.17. The predicted molar refractivity (Wildman–Crippen MR) is 66.4 cm³/mol. The molecular formula is C10H18N4O3S. The van der Waals surface area contributed by atoms with Gasteiger partial charge < -0.3 is 10.5 Å². The van der Waals surface area contributed by atoms with E-state index in [2.05, 4.69) is 10.2 Å². The summed E-state index contributed by atoms with van der Waals surface area (Å²) in [4.78, 5) is 0.0304. The number of nitrogens with two attached hydrogens (primary N) is 1. The van der Waals surface area contributed by atoms with Crippen LogP contribution in [0, 0.1) is 0 Å². The minimum absolute atomic E-state index is 0.0304. The fourth-order valence-electron chi connectivity index (χ4n) is 2.16. The fraction of sp³-hybridized carbons (Fsp3) is 0.700. The van der Waals surface area contributed by atoms with Crippen molar-refractivity contribution < 1.29 is 13.2 Å². The number of H-pyrrole nitrogens is 1. The molecule has 1 aromatic heterocycles. The van der Waals surface area contributed by atoms with Crippen LogP contribution in [0.25, 0.3) is 0 Å². The third-order valence-corrected chi connectivity index (χ3v) is 5.24. The second kappa shape index (κ2) is 4.52. The van der Waals surface area contributed by atoms with Crippen molar-refractivity contribution in [2.75, 3.05) is 25.9 Å². The molecule has 1 atom stereocenters. The molecule has 0 radical (unpaired) electrons. The number of nitrogens with one attached hydrogen (secondary N) is 1. The maximum Gasteiger partial charge on any atom is 0.248 e. The van der Waals surface area contributed by atoms with Crippen molar-refractivity contribution in [3.63, 3.8) is 0 Å². The molecule has 0 bridgehead atoms. The molecule has 0 aromatic carbocycles. The van der Waals surface area contributed by atoms with Crippen molar-refractivity contribution in [3.05, 3.63) is 6.20 Å². The molecule has 8 heteroatoms. The Kier molecular flexibility index (Phi) is 3.35. The molecule has 2 rings (SSSR count). The molecule has 0 aliphatic carbocycles. The van der Waals surface area contributed by atoms with Gasteiger partial charge in [0, 0.05) is 20.2 Å². The normalized spacial score (nSPS) is 26.3. The third-order valence-electron chi connectivity index (χ3n) is 3.37. The number of hydrogen-bond acceptors (Lipinski definition) is 5. The highest BCUT2D eigenvalue weighted by Gasteiger charge is 2.38. The van der Waals surface area contributed by atoms with E-state index in [9.17, 15) is 8.42 Å². The zero-order chi connectivity index (χ0) is 13.4. The fourth-order valence-corrected chi connectivity index (χ4v) is 3.76. The third kappa shape index (κ3) is 2.23. The summed E-state index contributed by atoms with van der Waals surface area (Å²) in [6.07, 6.45) is 2.85. The van der Waals surface area contributed by atoms with Crippen LogP contribution in [0.1, 0.15) is 19.8 Å². The van der Waals surface area contributed by atoms with Gasteiger partial charge in [-0.05, 0) is 19.8 Å². The summed E-state index contributed by atoms with van der Waals surface area (Å²) in [6.45, 7) is 2.72. The second-order valence-electron chi connectivity index (χ2n) is 4.74. The molecule has 0 amide bonds. The average Bonchev–Trinajstić information content (AvgIpc) is 2.76. The number of anilines is 1. The van der Waals surface area contributed by atoms with Crippen LogP contribution in [-0.2, 0) is 14.8 Å². The van der Waals surface area contributed by atoms with E-state index in [1.807, 2.05) is 6.92 Å². The molecule has 1 fully saturated rings. The molecule has 7 nitrogen and oxygen atoms in total. The van der Waals surface area contributed by atoms with Gasteiger partial charge in [0.15, 0.2) is 0 Å². The van der Waals surface area contributed by atoms with E-state index in [0.29, 0.717) is 13.1 Å². The van der Waals surface area contributed by atoms with Gasteiger partial charge in [0.2, 0.25) is 10.0 Å². The number of hydrogen-bond donors (Lipinski definition) is 2. The van der Waals surface area contributed by atoms with E-state index in [-0.39, 0.29) is 10.7 Å². The Labute approximate surface area is 106 Å². The minimum Gasteiger partial charge on any atom is -0.383 e. The van der Waals surface area contributed by atoms with Crippen LogP contribution in [0.4, 0.5) is 5.82 Å². The Morgan fingerprint density at radius 3 is 2.89 bits per heavy atom. The lowest BCUT2D eigenvalue weighted by Gasteiger charge is -2.38. The summed E-state index contributed by atoms with van der Waals surface area (Å²) >= 11 is 0. The van der Waals surface area contributed by atoms with E-state index < -0.39 is 15.6 Å². The largest absolute Gasteiger partial charge is 0.383 e. The number of piperidine rings is 1. The summed E-state index contributed by atoms with van der Waals surface area (Å²) in [7, 11) is -2.00. The van der Waals surface area contributed by atoms with E-state index in [0.717, 1.165) is 12.8 Å². The Balaban J connectivity index is 2.29. The summed E-state index contributed by atoms with van der Waals surface area (Å²) in [5.41, 5.74) is 5.14. The van der Waals surface area contributed by atoms with Gasteiger partial charge in [-0.15, -0.1) is 0 Å². The lowest BCUT2D eigenvalue weighted by Crippen LogP contribution is -2.49. The topological polar surface area (TPSA) is 101 Å². The van der Waals surface area contributed by atoms with Gasteiger partial charge >= 0.3 is 0 Å². The van der Waals surface area contributed by atoms with Crippen LogP contribution >= 0.6 is 0 Å². The first-order valence-electron chi connectivity index (χ1n) is 5.73. The van der Waals surface area contributed by atoms with Gasteiger partial charge in [0.05, 0.1) is 11.8 Å². The number of ether oxygens (including phenoxy) is 1. The van der Waals surface area contributed by atoms with Gasteiger partial charge in [0.1, 0.15) is 10.7 Å². The molecule has 0 saturated carbocycles. The molecule has 3 N–H and O–H groups in total. The summed E-state index contributed by atoms with van der Waals surface area (Å²) in [5, 5.41) is 6.09. The molecule has 1 aliphatic heterocycles. The average molecular weight is 274 g/mol. The van der Waals surface area contributed by atoms with Crippen LogP contribution in [0.5, 0.6) is 0 Å². The van der Waals surface area contributed by atoms with Crippen molar-refractivity contribution in [1.82, 2.24) is 14.5 Å². The molecule has 102 valence electrons.